The molecule has 0 spiro atoms. The van der Waals surface area contributed by atoms with E-state index in [1.54, 1.807) is 23.9 Å². The molecule has 21 heavy (non-hydrogen) atoms. The maximum atomic E-state index is 12.5. The molecule has 0 radical (unpaired) electrons. The molecule has 3 aromatic rings. The average molecular weight is 285 g/mol. The van der Waals surface area contributed by atoms with Gasteiger partial charge in [0, 0.05) is 12.7 Å². The van der Waals surface area contributed by atoms with Crippen LogP contribution in [0.15, 0.2) is 16.8 Å². The zero-order chi connectivity index (χ0) is 15.1. The Hall–Kier alpha value is -2.70. The van der Waals surface area contributed by atoms with Crippen molar-refractivity contribution in [1.29, 1.82) is 0 Å². The maximum absolute atomic E-state index is 12.5. The third-order valence-corrected chi connectivity index (χ3v) is 3.47. The first-order valence-electron chi connectivity index (χ1n) is 6.51. The van der Waals surface area contributed by atoms with Gasteiger partial charge in [-0.1, -0.05) is 5.16 Å². The fourth-order valence-electron chi connectivity index (χ4n) is 2.21. The van der Waals surface area contributed by atoms with Gasteiger partial charge in [-0.05, 0) is 26.8 Å². The van der Waals surface area contributed by atoms with Gasteiger partial charge in [0.05, 0.1) is 34.2 Å². The third kappa shape index (κ3) is 2.16. The number of nitrogens with one attached hydrogen (secondary N) is 1. The Labute approximate surface area is 120 Å². The lowest BCUT2D eigenvalue weighted by Crippen LogP contribution is -2.13. The molecule has 0 aliphatic carbocycles. The van der Waals surface area contributed by atoms with Crippen molar-refractivity contribution in [2.45, 2.75) is 20.8 Å². The highest BCUT2D eigenvalue weighted by atomic mass is 16.5. The molecular formula is C14H15N5O2. The van der Waals surface area contributed by atoms with Crippen molar-refractivity contribution in [2.24, 2.45) is 7.05 Å². The molecule has 3 rings (SSSR count). The first-order valence-corrected chi connectivity index (χ1v) is 6.51. The number of carbonyl (C=O) groups is 1. The molecule has 0 saturated carbocycles. The molecule has 7 nitrogen and oxygen atoms in total. The summed E-state index contributed by atoms with van der Waals surface area (Å²) in [6, 6.07) is 1.73. The van der Waals surface area contributed by atoms with Crippen LogP contribution < -0.4 is 5.32 Å². The van der Waals surface area contributed by atoms with Crippen LogP contribution in [0.4, 0.5) is 5.69 Å². The molecule has 0 aliphatic heterocycles. The van der Waals surface area contributed by atoms with Gasteiger partial charge in [-0.15, -0.1) is 0 Å². The third-order valence-electron chi connectivity index (χ3n) is 3.47. The van der Waals surface area contributed by atoms with Gasteiger partial charge in [0.25, 0.3) is 11.6 Å². The Morgan fingerprint density at radius 2 is 2.10 bits per heavy atom. The summed E-state index contributed by atoms with van der Waals surface area (Å²) in [5.74, 6) is -0.229. The van der Waals surface area contributed by atoms with Crippen LogP contribution in [-0.2, 0) is 7.05 Å². The predicted molar refractivity (Wildman–Crippen MR) is 77.2 cm³/mol. The maximum Gasteiger partial charge on any atom is 0.258 e. The zero-order valence-corrected chi connectivity index (χ0v) is 12.3. The quantitative estimate of drug-likeness (QED) is 0.779. The molecule has 108 valence electrons. The van der Waals surface area contributed by atoms with E-state index in [0.29, 0.717) is 33.7 Å². The van der Waals surface area contributed by atoms with Gasteiger partial charge in [0.1, 0.15) is 0 Å². The largest absolute Gasteiger partial charge is 0.336 e. The van der Waals surface area contributed by atoms with E-state index in [0.717, 1.165) is 5.69 Å². The predicted octanol–water partition coefficient (Wildman–Crippen LogP) is 2.13. The minimum absolute atomic E-state index is 0.229. The molecule has 3 aromatic heterocycles. The number of carbonyl (C=O) groups excluding carboxylic acids is 1. The molecule has 3 heterocycles. The normalized spacial score (nSPS) is 11.0. The van der Waals surface area contributed by atoms with Crippen LogP contribution in [0.5, 0.6) is 0 Å². The number of hydrogen-bond acceptors (Lipinski definition) is 5. The number of fused-ring (bicyclic) bond motifs is 1. The standard InChI is InChI=1S/C14H15N5O2/c1-7-5-10(12-8(2)18-21-14(12)16-7)13(20)17-11-6-15-19(4)9(11)3/h5-6H,1-4H3,(H,17,20). The summed E-state index contributed by atoms with van der Waals surface area (Å²) >= 11 is 0. The highest BCUT2D eigenvalue weighted by Gasteiger charge is 2.19. The second-order valence-corrected chi connectivity index (χ2v) is 4.98. The molecule has 0 bridgehead atoms. The van der Waals surface area contributed by atoms with Gasteiger partial charge in [0.2, 0.25) is 0 Å². The summed E-state index contributed by atoms with van der Waals surface area (Å²) in [6.07, 6.45) is 1.62. The molecule has 0 aromatic carbocycles. The number of nitrogens with zero attached hydrogens (tertiary/aromatic N) is 4. The van der Waals surface area contributed by atoms with E-state index in [1.807, 2.05) is 20.9 Å². The Kier molecular flexibility index (Phi) is 2.97. The van der Waals surface area contributed by atoms with Gasteiger partial charge in [-0.2, -0.15) is 5.10 Å². The van der Waals surface area contributed by atoms with E-state index >= 15 is 0 Å². The van der Waals surface area contributed by atoms with E-state index in [-0.39, 0.29) is 5.91 Å². The summed E-state index contributed by atoms with van der Waals surface area (Å²) in [5.41, 5.74) is 3.78. The summed E-state index contributed by atoms with van der Waals surface area (Å²) < 4.78 is 6.84. The number of hydrogen-bond donors (Lipinski definition) is 1. The SMILES string of the molecule is Cc1cc(C(=O)Nc2cnn(C)c2C)c2c(C)noc2n1. The van der Waals surface area contributed by atoms with Crippen molar-refractivity contribution in [3.05, 3.63) is 34.9 Å². The Bertz CT molecular complexity index is 847. The lowest BCUT2D eigenvalue weighted by molar-refractivity contribution is 0.102. The molecule has 1 amide bonds. The number of aryl methyl sites for hydroxylation is 3. The first kappa shape index (κ1) is 13.3. The van der Waals surface area contributed by atoms with Crippen molar-refractivity contribution in [2.75, 3.05) is 5.32 Å². The minimum Gasteiger partial charge on any atom is -0.336 e. The first-order chi connectivity index (χ1) is 9.97. The molecule has 1 N–H and O–H groups in total. The lowest BCUT2D eigenvalue weighted by atomic mass is 10.1. The second-order valence-electron chi connectivity index (χ2n) is 4.98. The van der Waals surface area contributed by atoms with Crippen molar-refractivity contribution in [3.8, 4) is 0 Å². The highest BCUT2D eigenvalue weighted by molar-refractivity contribution is 6.12. The number of amides is 1. The smallest absolute Gasteiger partial charge is 0.258 e. The van der Waals surface area contributed by atoms with Crippen LogP contribution in [0.1, 0.15) is 27.4 Å². The average Bonchev–Trinajstić information content (AvgIpc) is 2.95. The van der Waals surface area contributed by atoms with Gasteiger partial charge >= 0.3 is 0 Å². The Morgan fingerprint density at radius 1 is 1.33 bits per heavy atom. The molecule has 7 heteroatoms. The van der Waals surface area contributed by atoms with E-state index in [2.05, 4.69) is 20.6 Å². The van der Waals surface area contributed by atoms with Gasteiger partial charge < -0.3 is 9.84 Å². The summed E-state index contributed by atoms with van der Waals surface area (Å²) in [5, 5.41) is 11.5. The molecular weight excluding hydrogens is 270 g/mol. The molecule has 0 aliphatic rings. The van der Waals surface area contributed by atoms with Crippen LogP contribution >= 0.6 is 0 Å². The van der Waals surface area contributed by atoms with Crippen LogP contribution in [0.2, 0.25) is 0 Å². The van der Waals surface area contributed by atoms with Gasteiger partial charge in [-0.3, -0.25) is 9.48 Å². The van der Waals surface area contributed by atoms with Crippen molar-refractivity contribution in [1.82, 2.24) is 19.9 Å². The number of rotatable bonds is 2. The van der Waals surface area contributed by atoms with Crippen molar-refractivity contribution < 1.29 is 9.32 Å². The Morgan fingerprint density at radius 3 is 2.76 bits per heavy atom. The van der Waals surface area contributed by atoms with E-state index in [9.17, 15) is 4.79 Å². The second kappa shape index (κ2) is 4.69. The van der Waals surface area contributed by atoms with Gasteiger partial charge in [0.15, 0.2) is 0 Å². The summed E-state index contributed by atoms with van der Waals surface area (Å²) in [7, 11) is 1.82. The summed E-state index contributed by atoms with van der Waals surface area (Å²) in [4.78, 5) is 16.8. The lowest BCUT2D eigenvalue weighted by Gasteiger charge is -2.06. The number of anilines is 1. The van der Waals surface area contributed by atoms with Crippen LogP contribution in [0, 0.1) is 20.8 Å². The minimum atomic E-state index is -0.229. The summed E-state index contributed by atoms with van der Waals surface area (Å²) in [6.45, 7) is 5.49. The van der Waals surface area contributed by atoms with Crippen LogP contribution in [0.25, 0.3) is 11.1 Å². The van der Waals surface area contributed by atoms with Crippen LogP contribution in [-0.4, -0.2) is 25.8 Å². The fraction of sp³-hybridized carbons (Fsp3) is 0.286. The van der Waals surface area contributed by atoms with Crippen molar-refractivity contribution in [3.63, 3.8) is 0 Å². The monoisotopic (exact) mass is 285 g/mol. The number of pyridine rings is 1. The van der Waals surface area contributed by atoms with Crippen molar-refractivity contribution >= 4 is 22.7 Å². The fourth-order valence-corrected chi connectivity index (χ4v) is 2.21. The number of aromatic nitrogens is 4. The molecule has 0 atom stereocenters. The van der Waals surface area contributed by atoms with Crippen LogP contribution in [0.3, 0.4) is 0 Å². The molecule has 0 unspecified atom stereocenters. The van der Waals surface area contributed by atoms with E-state index in [1.165, 1.54) is 0 Å². The topological polar surface area (TPSA) is 85.8 Å². The van der Waals surface area contributed by atoms with E-state index in [4.69, 9.17) is 4.52 Å². The van der Waals surface area contributed by atoms with Gasteiger partial charge in [-0.25, -0.2) is 4.98 Å². The molecule has 0 saturated heterocycles. The van der Waals surface area contributed by atoms with E-state index < -0.39 is 0 Å². The Balaban J connectivity index is 2.05. The zero-order valence-electron chi connectivity index (χ0n) is 12.3. The highest BCUT2D eigenvalue weighted by Crippen LogP contribution is 2.23. The molecule has 0 fully saturated rings.